The lowest BCUT2D eigenvalue weighted by Gasteiger charge is -2.36. The first-order valence-electron chi connectivity index (χ1n) is 9.64. The van der Waals surface area contributed by atoms with Crippen molar-refractivity contribution in [3.63, 3.8) is 0 Å². The summed E-state index contributed by atoms with van der Waals surface area (Å²) in [4.78, 5) is 9.61. The Morgan fingerprint density at radius 3 is 2.54 bits per heavy atom. The van der Waals surface area contributed by atoms with Gasteiger partial charge in [-0.15, -0.1) is 34.2 Å². The number of nitrogens with one attached hydrogen (secondary N) is 1. The summed E-state index contributed by atoms with van der Waals surface area (Å²) >= 11 is 0. The summed E-state index contributed by atoms with van der Waals surface area (Å²) in [5.74, 6) is 3.66. The smallest absolute Gasteiger partial charge is 0.194 e. The van der Waals surface area contributed by atoms with E-state index in [9.17, 15) is 0 Å². The van der Waals surface area contributed by atoms with Crippen molar-refractivity contribution in [3.05, 3.63) is 29.2 Å². The number of piperazine rings is 1. The molecule has 2 aromatic heterocycles. The average molecular weight is 500 g/mol. The number of aliphatic imine (C=N–C) groups is 1. The van der Waals surface area contributed by atoms with Crippen LogP contribution in [-0.4, -0.2) is 67.9 Å². The van der Waals surface area contributed by atoms with Gasteiger partial charge < -0.3 is 19.3 Å². The molecule has 1 aliphatic heterocycles. The van der Waals surface area contributed by atoms with Crippen molar-refractivity contribution in [3.8, 4) is 0 Å². The minimum atomic E-state index is 0. The van der Waals surface area contributed by atoms with Crippen LogP contribution in [0.15, 0.2) is 15.6 Å². The minimum Gasteiger partial charge on any atom is -0.361 e. The second kappa shape index (κ2) is 9.21. The molecule has 0 spiro atoms. The molecular weight excluding hydrogens is 471 g/mol. The average Bonchev–Trinajstić information content (AvgIpc) is 3.31. The van der Waals surface area contributed by atoms with Crippen LogP contribution in [0.3, 0.4) is 0 Å². The van der Waals surface area contributed by atoms with Gasteiger partial charge in [-0.2, -0.15) is 0 Å². The number of rotatable bonds is 5. The fraction of sp³-hybridized carbons (Fsp3) is 0.667. The van der Waals surface area contributed by atoms with Crippen LogP contribution in [0.25, 0.3) is 0 Å². The van der Waals surface area contributed by atoms with E-state index >= 15 is 0 Å². The van der Waals surface area contributed by atoms with Gasteiger partial charge in [-0.25, -0.2) is 4.99 Å². The van der Waals surface area contributed by atoms with Crippen molar-refractivity contribution in [1.29, 1.82) is 0 Å². The standard InChI is InChI=1S/C18H28N8O.HI/c1-13-10-16(23-27-13)12-25-6-8-26(9-7-25)18(20-15-4-5-15)19-11-17-22-21-14(2)24(17)3;/h10,15H,4-9,11-12H2,1-3H3,(H,19,20);1H. The third kappa shape index (κ3) is 5.22. The van der Waals surface area contributed by atoms with Crippen molar-refractivity contribution in [2.45, 2.75) is 45.8 Å². The molecule has 3 heterocycles. The van der Waals surface area contributed by atoms with Crippen molar-refractivity contribution in [1.82, 2.24) is 35.0 Å². The molecular formula is C18H29IN8O. The van der Waals surface area contributed by atoms with Gasteiger partial charge in [0.2, 0.25) is 0 Å². The number of hydrogen-bond donors (Lipinski definition) is 1. The Morgan fingerprint density at radius 2 is 1.96 bits per heavy atom. The van der Waals surface area contributed by atoms with E-state index in [0.717, 1.165) is 61.8 Å². The first kappa shape index (κ1) is 21.0. The molecule has 1 N–H and O–H groups in total. The van der Waals surface area contributed by atoms with Crippen LogP contribution in [0.2, 0.25) is 0 Å². The predicted octanol–water partition coefficient (Wildman–Crippen LogP) is 1.46. The van der Waals surface area contributed by atoms with Gasteiger partial charge in [-0.1, -0.05) is 5.16 Å². The summed E-state index contributed by atoms with van der Waals surface area (Å²) in [6, 6.07) is 2.58. The van der Waals surface area contributed by atoms with E-state index in [2.05, 4.69) is 30.5 Å². The predicted molar refractivity (Wildman–Crippen MR) is 117 cm³/mol. The zero-order valence-electron chi connectivity index (χ0n) is 16.8. The highest BCUT2D eigenvalue weighted by Crippen LogP contribution is 2.19. The number of hydrogen-bond acceptors (Lipinski definition) is 6. The molecule has 0 amide bonds. The van der Waals surface area contributed by atoms with E-state index in [1.807, 2.05) is 31.5 Å². The molecule has 0 bridgehead atoms. The minimum absolute atomic E-state index is 0. The van der Waals surface area contributed by atoms with Crippen molar-refractivity contribution >= 4 is 29.9 Å². The molecule has 1 saturated heterocycles. The molecule has 154 valence electrons. The van der Waals surface area contributed by atoms with Crippen molar-refractivity contribution < 1.29 is 4.52 Å². The monoisotopic (exact) mass is 500 g/mol. The molecule has 9 nitrogen and oxygen atoms in total. The molecule has 0 atom stereocenters. The Kier molecular flexibility index (Phi) is 6.91. The van der Waals surface area contributed by atoms with Gasteiger partial charge in [0.15, 0.2) is 11.8 Å². The summed E-state index contributed by atoms with van der Waals surface area (Å²) in [6.45, 7) is 9.15. The van der Waals surface area contributed by atoms with E-state index < -0.39 is 0 Å². The van der Waals surface area contributed by atoms with Crippen molar-refractivity contribution in [2.75, 3.05) is 26.2 Å². The van der Waals surface area contributed by atoms with Gasteiger partial charge in [0.05, 0.1) is 5.69 Å². The van der Waals surface area contributed by atoms with Gasteiger partial charge in [0.1, 0.15) is 18.1 Å². The topological polar surface area (TPSA) is 87.6 Å². The number of halogens is 1. The normalized spacial score (nSPS) is 18.2. The van der Waals surface area contributed by atoms with Gasteiger partial charge in [0.25, 0.3) is 0 Å². The fourth-order valence-electron chi connectivity index (χ4n) is 3.22. The Labute approximate surface area is 182 Å². The fourth-order valence-corrected chi connectivity index (χ4v) is 3.22. The summed E-state index contributed by atoms with van der Waals surface area (Å²) < 4.78 is 7.17. The molecule has 0 unspecified atom stereocenters. The maximum Gasteiger partial charge on any atom is 0.194 e. The molecule has 4 rings (SSSR count). The maximum absolute atomic E-state index is 5.17. The van der Waals surface area contributed by atoms with Gasteiger partial charge in [0, 0.05) is 51.9 Å². The second-order valence-electron chi connectivity index (χ2n) is 7.47. The Hall–Kier alpha value is -1.69. The summed E-state index contributed by atoms with van der Waals surface area (Å²) in [5.41, 5.74) is 1.00. The van der Waals surface area contributed by atoms with E-state index in [1.54, 1.807) is 0 Å². The summed E-state index contributed by atoms with van der Waals surface area (Å²) in [5, 5.41) is 16.0. The highest BCUT2D eigenvalue weighted by atomic mass is 127. The lowest BCUT2D eigenvalue weighted by atomic mass is 10.3. The molecule has 10 heteroatoms. The Morgan fingerprint density at radius 1 is 1.21 bits per heavy atom. The summed E-state index contributed by atoms with van der Waals surface area (Å²) in [6.07, 6.45) is 2.46. The zero-order valence-corrected chi connectivity index (χ0v) is 19.1. The molecule has 1 aliphatic carbocycles. The first-order chi connectivity index (χ1) is 13.1. The van der Waals surface area contributed by atoms with Crippen LogP contribution in [0.1, 0.15) is 35.9 Å². The number of aryl methyl sites for hydroxylation is 2. The van der Waals surface area contributed by atoms with Crippen LogP contribution in [-0.2, 0) is 20.1 Å². The van der Waals surface area contributed by atoms with Crippen LogP contribution < -0.4 is 5.32 Å². The van der Waals surface area contributed by atoms with Crippen LogP contribution in [0.4, 0.5) is 0 Å². The zero-order chi connectivity index (χ0) is 18.8. The molecule has 0 aromatic carbocycles. The van der Waals surface area contributed by atoms with E-state index in [4.69, 9.17) is 9.52 Å². The second-order valence-corrected chi connectivity index (χ2v) is 7.47. The van der Waals surface area contributed by atoms with Crippen molar-refractivity contribution in [2.24, 2.45) is 12.0 Å². The highest BCUT2D eigenvalue weighted by molar-refractivity contribution is 14.0. The third-order valence-corrected chi connectivity index (χ3v) is 5.20. The molecule has 28 heavy (non-hydrogen) atoms. The maximum atomic E-state index is 5.17. The molecule has 2 aliphatic rings. The van der Waals surface area contributed by atoms with E-state index in [1.165, 1.54) is 12.8 Å². The molecule has 2 aromatic rings. The third-order valence-electron chi connectivity index (χ3n) is 5.20. The number of aromatic nitrogens is 4. The highest BCUT2D eigenvalue weighted by Gasteiger charge is 2.27. The quantitative estimate of drug-likeness (QED) is 0.378. The molecule has 2 fully saturated rings. The lowest BCUT2D eigenvalue weighted by molar-refractivity contribution is 0.168. The largest absolute Gasteiger partial charge is 0.361 e. The first-order valence-corrected chi connectivity index (χ1v) is 9.64. The molecule has 1 saturated carbocycles. The van der Waals surface area contributed by atoms with Gasteiger partial charge in [-0.3, -0.25) is 4.90 Å². The van der Waals surface area contributed by atoms with Crippen LogP contribution in [0, 0.1) is 13.8 Å². The Balaban J connectivity index is 0.00000225. The number of nitrogens with zero attached hydrogens (tertiary/aromatic N) is 7. The SMILES string of the molecule is Cc1cc(CN2CCN(C(=NCc3nnc(C)n3C)NC3CC3)CC2)no1.I. The van der Waals surface area contributed by atoms with Gasteiger partial charge in [-0.05, 0) is 26.7 Å². The van der Waals surface area contributed by atoms with E-state index in [-0.39, 0.29) is 24.0 Å². The molecule has 0 radical (unpaired) electrons. The number of guanidine groups is 1. The summed E-state index contributed by atoms with van der Waals surface area (Å²) in [7, 11) is 1.98. The van der Waals surface area contributed by atoms with Crippen LogP contribution >= 0.6 is 24.0 Å². The van der Waals surface area contributed by atoms with E-state index in [0.29, 0.717) is 12.6 Å². The van der Waals surface area contributed by atoms with Crippen LogP contribution in [0.5, 0.6) is 0 Å². The Bertz CT molecular complexity index is 804. The van der Waals surface area contributed by atoms with Gasteiger partial charge >= 0.3 is 0 Å². The lowest BCUT2D eigenvalue weighted by Crippen LogP contribution is -2.52.